The Hall–Kier alpha value is -3.80. The van der Waals surface area contributed by atoms with Gasteiger partial charge in [-0.1, -0.05) is 42.5 Å². The average molecular weight is 389 g/mol. The van der Waals surface area contributed by atoms with Crippen LogP contribution in [0, 0.1) is 0 Å². The molecule has 1 amide bonds. The number of rotatable bonds is 5. The van der Waals surface area contributed by atoms with E-state index in [1.165, 1.54) is 11.2 Å². The molecular weight excluding hydrogens is 370 g/mol. The lowest BCUT2D eigenvalue weighted by Gasteiger charge is -2.24. The summed E-state index contributed by atoms with van der Waals surface area (Å²) in [5.74, 6) is -0.407. The minimum Gasteiger partial charge on any atom is -0.507 e. The predicted molar refractivity (Wildman–Crippen MR) is 106 cm³/mol. The van der Waals surface area contributed by atoms with Crippen LogP contribution >= 0.6 is 0 Å². The van der Waals surface area contributed by atoms with Crippen molar-refractivity contribution in [3.05, 3.63) is 95.5 Å². The Bertz CT molecular complexity index is 1050. The number of furan rings is 1. The molecule has 6 nitrogen and oxygen atoms in total. The molecule has 0 spiro atoms. The van der Waals surface area contributed by atoms with Gasteiger partial charge in [-0.15, -0.1) is 0 Å². The van der Waals surface area contributed by atoms with Crippen LogP contribution < -0.4 is 4.74 Å². The Kier molecular flexibility index (Phi) is 4.91. The van der Waals surface area contributed by atoms with Gasteiger partial charge in [-0.3, -0.25) is 9.59 Å². The highest BCUT2D eigenvalue weighted by molar-refractivity contribution is 6.46. The number of hydrogen-bond donors (Lipinski definition) is 1. The van der Waals surface area contributed by atoms with Crippen molar-refractivity contribution in [3.8, 4) is 5.75 Å². The number of ketones is 1. The minimum atomic E-state index is -0.744. The number of benzene rings is 2. The van der Waals surface area contributed by atoms with Crippen molar-refractivity contribution in [2.24, 2.45) is 0 Å². The van der Waals surface area contributed by atoms with Gasteiger partial charge in [-0.25, -0.2) is 0 Å². The van der Waals surface area contributed by atoms with E-state index in [1.54, 1.807) is 67.8 Å². The van der Waals surface area contributed by atoms with Crippen molar-refractivity contribution in [1.29, 1.82) is 0 Å². The van der Waals surface area contributed by atoms with Gasteiger partial charge in [0, 0.05) is 5.56 Å². The van der Waals surface area contributed by atoms with Crippen molar-refractivity contribution in [3.63, 3.8) is 0 Å². The summed E-state index contributed by atoms with van der Waals surface area (Å²) in [6, 6.07) is 18.5. The first-order valence-corrected chi connectivity index (χ1v) is 9.10. The summed E-state index contributed by atoms with van der Waals surface area (Å²) in [5.41, 5.74) is 1.22. The monoisotopic (exact) mass is 389 g/mol. The maximum absolute atomic E-state index is 12.9. The Labute approximate surface area is 167 Å². The molecule has 4 rings (SSSR count). The molecule has 0 radical (unpaired) electrons. The van der Waals surface area contributed by atoms with E-state index in [9.17, 15) is 14.7 Å². The molecule has 1 aliphatic rings. The molecule has 1 aromatic heterocycles. The first-order chi connectivity index (χ1) is 14.1. The number of likely N-dealkylation sites (tertiary alicyclic amines) is 1. The highest BCUT2D eigenvalue weighted by Crippen LogP contribution is 2.40. The molecule has 0 saturated carbocycles. The fourth-order valence-electron chi connectivity index (χ4n) is 3.50. The molecule has 3 aromatic rings. The maximum atomic E-state index is 12.9. The fourth-order valence-corrected chi connectivity index (χ4v) is 3.50. The van der Waals surface area contributed by atoms with E-state index < -0.39 is 17.7 Å². The van der Waals surface area contributed by atoms with Crippen LogP contribution in [0.4, 0.5) is 0 Å². The van der Waals surface area contributed by atoms with E-state index >= 15 is 0 Å². The largest absolute Gasteiger partial charge is 0.507 e. The number of aliphatic hydroxyl groups is 1. The third-order valence-electron chi connectivity index (χ3n) is 4.93. The van der Waals surface area contributed by atoms with Crippen molar-refractivity contribution in [2.75, 3.05) is 7.11 Å². The summed E-state index contributed by atoms with van der Waals surface area (Å²) >= 11 is 0. The van der Waals surface area contributed by atoms with Crippen LogP contribution in [0.5, 0.6) is 5.75 Å². The zero-order valence-corrected chi connectivity index (χ0v) is 15.7. The molecule has 0 bridgehead atoms. The van der Waals surface area contributed by atoms with Crippen molar-refractivity contribution in [2.45, 2.75) is 12.6 Å². The molecule has 1 fully saturated rings. The average Bonchev–Trinajstić information content (AvgIpc) is 3.36. The van der Waals surface area contributed by atoms with Gasteiger partial charge >= 0.3 is 0 Å². The molecule has 1 saturated heterocycles. The molecule has 146 valence electrons. The quantitative estimate of drug-likeness (QED) is 0.407. The Morgan fingerprint density at radius 3 is 2.38 bits per heavy atom. The standard InChI is InChI=1S/C23H19NO5/c1-28-17-11-9-15(10-12-17)20-19(21(25)16-6-3-2-4-7-16)22(26)23(27)24(20)14-18-8-5-13-29-18/h2-13,20,25H,14H2,1H3/b21-19+/t20-/m1/s1. The van der Waals surface area contributed by atoms with Crippen LogP contribution in [-0.2, 0) is 16.1 Å². The van der Waals surface area contributed by atoms with Gasteiger partial charge < -0.3 is 19.2 Å². The van der Waals surface area contributed by atoms with Gasteiger partial charge in [0.2, 0.25) is 0 Å². The number of carbonyl (C=O) groups is 2. The number of methoxy groups -OCH3 is 1. The van der Waals surface area contributed by atoms with E-state index in [0.29, 0.717) is 22.6 Å². The van der Waals surface area contributed by atoms with Gasteiger partial charge in [0.05, 0.1) is 31.5 Å². The summed E-state index contributed by atoms with van der Waals surface area (Å²) in [5, 5.41) is 10.9. The van der Waals surface area contributed by atoms with E-state index in [-0.39, 0.29) is 17.9 Å². The van der Waals surface area contributed by atoms with Gasteiger partial charge in [0.1, 0.15) is 17.3 Å². The van der Waals surface area contributed by atoms with Crippen LogP contribution in [-0.4, -0.2) is 28.8 Å². The molecule has 0 aliphatic carbocycles. The second-order valence-corrected chi connectivity index (χ2v) is 6.65. The zero-order chi connectivity index (χ0) is 20.4. The minimum absolute atomic E-state index is 0.0536. The summed E-state index contributed by atoms with van der Waals surface area (Å²) in [4.78, 5) is 27.2. The zero-order valence-electron chi connectivity index (χ0n) is 15.7. The highest BCUT2D eigenvalue weighted by Gasteiger charge is 2.46. The van der Waals surface area contributed by atoms with Gasteiger partial charge in [0.25, 0.3) is 11.7 Å². The number of amides is 1. The molecular formula is C23H19NO5. The fraction of sp³-hybridized carbons (Fsp3) is 0.130. The van der Waals surface area contributed by atoms with Gasteiger partial charge in [-0.2, -0.15) is 0 Å². The molecule has 6 heteroatoms. The van der Waals surface area contributed by atoms with Crippen LogP contribution in [0.1, 0.15) is 22.9 Å². The van der Waals surface area contributed by atoms with Crippen LogP contribution in [0.2, 0.25) is 0 Å². The van der Waals surface area contributed by atoms with Crippen LogP contribution in [0.15, 0.2) is 83.0 Å². The second kappa shape index (κ2) is 7.67. The molecule has 1 atom stereocenters. The maximum Gasteiger partial charge on any atom is 0.296 e. The third-order valence-corrected chi connectivity index (χ3v) is 4.93. The number of carbonyl (C=O) groups excluding carboxylic acids is 2. The third kappa shape index (κ3) is 3.40. The lowest BCUT2D eigenvalue weighted by molar-refractivity contribution is -0.140. The van der Waals surface area contributed by atoms with E-state index in [2.05, 4.69) is 0 Å². The number of Topliss-reactive ketones (excluding diaryl/α,β-unsaturated/α-hetero) is 1. The molecule has 0 unspecified atom stereocenters. The lowest BCUT2D eigenvalue weighted by atomic mass is 9.95. The first kappa shape index (κ1) is 18.6. The number of hydrogen-bond acceptors (Lipinski definition) is 5. The topological polar surface area (TPSA) is 80.0 Å². The van der Waals surface area contributed by atoms with E-state index in [0.717, 1.165) is 0 Å². The van der Waals surface area contributed by atoms with Crippen LogP contribution in [0.25, 0.3) is 5.76 Å². The number of ether oxygens (including phenoxy) is 1. The lowest BCUT2D eigenvalue weighted by Crippen LogP contribution is -2.29. The molecule has 29 heavy (non-hydrogen) atoms. The molecule has 2 heterocycles. The first-order valence-electron chi connectivity index (χ1n) is 9.10. The molecule has 2 aromatic carbocycles. The summed E-state index contributed by atoms with van der Waals surface area (Å²) in [6.07, 6.45) is 1.51. The van der Waals surface area contributed by atoms with Gasteiger partial charge in [0.15, 0.2) is 0 Å². The van der Waals surface area contributed by atoms with Crippen molar-refractivity contribution >= 4 is 17.4 Å². The number of nitrogens with zero attached hydrogens (tertiary/aromatic N) is 1. The van der Waals surface area contributed by atoms with Crippen LogP contribution in [0.3, 0.4) is 0 Å². The van der Waals surface area contributed by atoms with E-state index in [4.69, 9.17) is 9.15 Å². The summed E-state index contributed by atoms with van der Waals surface area (Å²) in [7, 11) is 1.56. The molecule has 1 aliphatic heterocycles. The van der Waals surface area contributed by atoms with E-state index in [1.807, 2.05) is 6.07 Å². The second-order valence-electron chi connectivity index (χ2n) is 6.65. The molecule has 1 N–H and O–H groups in total. The highest BCUT2D eigenvalue weighted by atomic mass is 16.5. The summed E-state index contributed by atoms with van der Waals surface area (Å²) < 4.78 is 10.6. The Morgan fingerprint density at radius 2 is 1.76 bits per heavy atom. The predicted octanol–water partition coefficient (Wildman–Crippen LogP) is 3.91. The number of aliphatic hydroxyl groups excluding tert-OH is 1. The SMILES string of the molecule is COc1ccc([C@@H]2/C(=C(\O)c3ccccc3)C(=O)C(=O)N2Cc2ccco2)cc1. The van der Waals surface area contributed by atoms with Crippen molar-refractivity contribution < 1.29 is 23.8 Å². The summed E-state index contributed by atoms with van der Waals surface area (Å²) in [6.45, 7) is 0.111. The smallest absolute Gasteiger partial charge is 0.296 e. The Balaban J connectivity index is 1.85. The normalized spacial score (nSPS) is 18.2. The Morgan fingerprint density at radius 1 is 1.03 bits per heavy atom. The van der Waals surface area contributed by atoms with Crippen molar-refractivity contribution in [1.82, 2.24) is 4.90 Å². The van der Waals surface area contributed by atoms with Gasteiger partial charge in [-0.05, 0) is 29.8 Å².